The molecule has 0 aromatic carbocycles. The normalized spacial score (nSPS) is 25.3. The van der Waals surface area contributed by atoms with Gasteiger partial charge in [-0.3, -0.25) is 4.90 Å². The van der Waals surface area contributed by atoms with Crippen molar-refractivity contribution in [2.45, 2.75) is 76.7 Å². The Morgan fingerprint density at radius 1 is 0.722 bits per heavy atom. The van der Waals surface area contributed by atoms with Gasteiger partial charge in [0, 0.05) is 32.2 Å². The third kappa shape index (κ3) is 6.75. The summed E-state index contributed by atoms with van der Waals surface area (Å²) in [6.07, 6.45) is 16.0. The lowest BCUT2D eigenvalue weighted by Crippen LogP contribution is -2.33. The summed E-state index contributed by atoms with van der Waals surface area (Å²) < 4.78 is 0. The van der Waals surface area contributed by atoms with E-state index in [1.807, 2.05) is 0 Å². The van der Waals surface area contributed by atoms with Crippen LogP contribution in [-0.2, 0) is 0 Å². The molecule has 0 radical (unpaired) electrons. The van der Waals surface area contributed by atoms with Crippen molar-refractivity contribution in [3.05, 3.63) is 0 Å². The molecule has 1 saturated carbocycles. The van der Waals surface area contributed by atoms with E-state index in [4.69, 9.17) is 0 Å². The molecule has 2 aliphatic rings. The minimum atomic E-state index is 0.810. The van der Waals surface area contributed by atoms with Crippen LogP contribution in [-0.4, -0.2) is 37.1 Å². The Morgan fingerprint density at radius 2 is 1.22 bits per heavy atom. The average molecular weight is 252 g/mol. The van der Waals surface area contributed by atoms with Gasteiger partial charge in [-0.2, -0.15) is 0 Å². The van der Waals surface area contributed by atoms with Gasteiger partial charge in [-0.1, -0.05) is 57.8 Å². The molecule has 0 aromatic rings. The van der Waals surface area contributed by atoms with Crippen molar-refractivity contribution >= 4 is 0 Å². The van der Waals surface area contributed by atoms with E-state index in [1.165, 1.54) is 96.8 Å². The molecule has 1 heterocycles. The predicted molar refractivity (Wildman–Crippen MR) is 79.0 cm³/mol. The molecule has 0 spiro atoms. The molecule has 1 saturated heterocycles. The lowest BCUT2D eigenvalue weighted by Gasteiger charge is -2.19. The monoisotopic (exact) mass is 252 g/mol. The van der Waals surface area contributed by atoms with Crippen LogP contribution in [0.25, 0.3) is 0 Å². The third-order valence-electron chi connectivity index (χ3n) is 4.51. The van der Waals surface area contributed by atoms with Crippen LogP contribution in [0.3, 0.4) is 0 Å². The van der Waals surface area contributed by atoms with Crippen molar-refractivity contribution in [1.29, 1.82) is 0 Å². The van der Waals surface area contributed by atoms with Crippen molar-refractivity contribution in [3.63, 3.8) is 0 Å². The zero-order chi connectivity index (χ0) is 12.5. The van der Waals surface area contributed by atoms with Crippen molar-refractivity contribution in [2.24, 2.45) is 0 Å². The van der Waals surface area contributed by atoms with Crippen LogP contribution in [0.1, 0.15) is 70.6 Å². The van der Waals surface area contributed by atoms with Gasteiger partial charge >= 0.3 is 0 Å². The highest BCUT2D eigenvalue weighted by molar-refractivity contribution is 4.75. The van der Waals surface area contributed by atoms with Crippen LogP contribution < -0.4 is 5.32 Å². The molecule has 2 fully saturated rings. The first-order valence-electron chi connectivity index (χ1n) is 8.41. The molecule has 0 aromatic heterocycles. The first kappa shape index (κ1) is 14.3. The van der Waals surface area contributed by atoms with Gasteiger partial charge in [-0.25, -0.2) is 0 Å². The van der Waals surface area contributed by atoms with Crippen LogP contribution in [0.2, 0.25) is 0 Å². The highest BCUT2D eigenvalue weighted by Gasteiger charge is 2.16. The molecule has 2 rings (SSSR count). The van der Waals surface area contributed by atoms with E-state index in [0.29, 0.717) is 0 Å². The maximum Gasteiger partial charge on any atom is 0.0110 e. The molecule has 2 heteroatoms. The van der Waals surface area contributed by atoms with E-state index in [-0.39, 0.29) is 0 Å². The van der Waals surface area contributed by atoms with E-state index >= 15 is 0 Å². The highest BCUT2D eigenvalue weighted by Crippen LogP contribution is 2.16. The summed E-state index contributed by atoms with van der Waals surface area (Å²) in [5.41, 5.74) is 0. The lowest BCUT2D eigenvalue weighted by atomic mass is 9.98. The number of rotatable bonds is 4. The Balaban J connectivity index is 1.60. The van der Waals surface area contributed by atoms with Gasteiger partial charge in [0.05, 0.1) is 0 Å². The van der Waals surface area contributed by atoms with Crippen molar-refractivity contribution < 1.29 is 0 Å². The number of hydrogen-bond acceptors (Lipinski definition) is 2. The fourth-order valence-electron chi connectivity index (χ4n) is 3.09. The maximum atomic E-state index is 3.80. The fourth-order valence-corrected chi connectivity index (χ4v) is 3.09. The van der Waals surface area contributed by atoms with Gasteiger partial charge < -0.3 is 5.32 Å². The Labute approximate surface area is 114 Å². The zero-order valence-corrected chi connectivity index (χ0v) is 12.1. The van der Waals surface area contributed by atoms with Crippen molar-refractivity contribution in [2.75, 3.05) is 26.2 Å². The van der Waals surface area contributed by atoms with E-state index < -0.39 is 0 Å². The summed E-state index contributed by atoms with van der Waals surface area (Å²) in [6, 6.07) is 0.810. The second-order valence-corrected chi connectivity index (χ2v) is 6.25. The Bertz CT molecular complexity index is 189. The molecule has 1 aliphatic heterocycles. The van der Waals surface area contributed by atoms with E-state index in [2.05, 4.69) is 10.2 Å². The molecule has 106 valence electrons. The van der Waals surface area contributed by atoms with E-state index in [1.54, 1.807) is 0 Å². The molecule has 1 aliphatic carbocycles. The van der Waals surface area contributed by atoms with Crippen LogP contribution in [0, 0.1) is 0 Å². The van der Waals surface area contributed by atoms with Crippen LogP contribution >= 0.6 is 0 Å². The summed E-state index contributed by atoms with van der Waals surface area (Å²) in [7, 11) is 0. The van der Waals surface area contributed by atoms with Crippen LogP contribution in [0.15, 0.2) is 0 Å². The van der Waals surface area contributed by atoms with Crippen LogP contribution in [0.5, 0.6) is 0 Å². The van der Waals surface area contributed by atoms with E-state index in [9.17, 15) is 0 Å². The third-order valence-corrected chi connectivity index (χ3v) is 4.51. The van der Waals surface area contributed by atoms with Gasteiger partial charge in [0.2, 0.25) is 0 Å². The van der Waals surface area contributed by atoms with Gasteiger partial charge in [0.25, 0.3) is 0 Å². The fraction of sp³-hybridized carbons (Fsp3) is 1.00. The Kier molecular flexibility index (Phi) is 7.11. The molecular weight excluding hydrogens is 220 g/mol. The second-order valence-electron chi connectivity index (χ2n) is 6.25. The molecule has 0 atom stereocenters. The standard InChI is InChI=1S/C16H32N2/c1-2-4-6-8-10-16(11-9-7-5-3-1)17-12-13-18-14-15-18/h16-17H,1-15H2. The minimum Gasteiger partial charge on any atom is -0.313 e. The molecule has 0 amide bonds. The Hall–Kier alpha value is -0.0800. The van der Waals surface area contributed by atoms with Crippen molar-refractivity contribution in [1.82, 2.24) is 10.2 Å². The van der Waals surface area contributed by atoms with E-state index in [0.717, 1.165) is 6.04 Å². The second kappa shape index (κ2) is 8.92. The topological polar surface area (TPSA) is 15.0 Å². The van der Waals surface area contributed by atoms with Crippen LogP contribution in [0.4, 0.5) is 0 Å². The summed E-state index contributed by atoms with van der Waals surface area (Å²) in [5, 5.41) is 3.80. The summed E-state index contributed by atoms with van der Waals surface area (Å²) in [6.45, 7) is 5.17. The SMILES string of the molecule is C1CCCCCC(NCCN2CC2)CCCCC1. The molecular formula is C16H32N2. The highest BCUT2D eigenvalue weighted by atomic mass is 15.3. The smallest absolute Gasteiger partial charge is 0.0110 e. The Morgan fingerprint density at radius 3 is 1.72 bits per heavy atom. The number of nitrogens with zero attached hydrogens (tertiary/aromatic N) is 1. The average Bonchev–Trinajstić information content (AvgIpc) is 3.16. The molecule has 2 nitrogen and oxygen atoms in total. The van der Waals surface area contributed by atoms with Gasteiger partial charge in [0.1, 0.15) is 0 Å². The molecule has 1 N–H and O–H groups in total. The molecule has 0 unspecified atom stereocenters. The predicted octanol–water partition coefficient (Wildman–Crippen LogP) is 3.56. The summed E-state index contributed by atoms with van der Waals surface area (Å²) in [4.78, 5) is 2.52. The lowest BCUT2D eigenvalue weighted by molar-refractivity contribution is 0.391. The minimum absolute atomic E-state index is 0.810. The molecule has 0 bridgehead atoms. The van der Waals surface area contributed by atoms with Gasteiger partial charge in [-0.05, 0) is 12.8 Å². The maximum absolute atomic E-state index is 3.80. The number of hydrogen-bond donors (Lipinski definition) is 1. The first-order valence-corrected chi connectivity index (χ1v) is 8.41. The van der Waals surface area contributed by atoms with Gasteiger partial charge in [-0.15, -0.1) is 0 Å². The quantitative estimate of drug-likeness (QED) is 0.769. The summed E-state index contributed by atoms with van der Waals surface area (Å²) >= 11 is 0. The van der Waals surface area contributed by atoms with Crippen molar-refractivity contribution in [3.8, 4) is 0 Å². The largest absolute Gasteiger partial charge is 0.313 e. The van der Waals surface area contributed by atoms with Gasteiger partial charge in [0.15, 0.2) is 0 Å². The molecule has 18 heavy (non-hydrogen) atoms. The number of nitrogens with one attached hydrogen (secondary N) is 1. The first-order chi connectivity index (χ1) is 8.95. The summed E-state index contributed by atoms with van der Waals surface area (Å²) in [5.74, 6) is 0. The zero-order valence-electron chi connectivity index (χ0n) is 12.1.